The van der Waals surface area contributed by atoms with Gasteiger partial charge in [-0.05, 0) is 45.4 Å². The van der Waals surface area contributed by atoms with Crippen LogP contribution in [0, 0.1) is 11.2 Å². The van der Waals surface area contributed by atoms with E-state index in [1.165, 1.54) is 12.1 Å². The first kappa shape index (κ1) is 14.6. The molecule has 100 valence electrons. The van der Waals surface area contributed by atoms with Crippen LogP contribution in [0.1, 0.15) is 44.9 Å². The molecule has 1 N–H and O–H groups in total. The second-order valence-corrected chi connectivity index (χ2v) is 5.31. The quantitative estimate of drug-likeness (QED) is 0.843. The molecule has 0 spiro atoms. The largest absolute Gasteiger partial charge is 0.457 e. The van der Waals surface area contributed by atoms with E-state index in [1.807, 2.05) is 0 Å². The summed E-state index contributed by atoms with van der Waals surface area (Å²) in [6.45, 7) is 6.65. The summed E-state index contributed by atoms with van der Waals surface area (Å²) in [7, 11) is 0. The number of rotatable bonds is 3. The summed E-state index contributed by atoms with van der Waals surface area (Å²) in [5.41, 5.74) is 0.290. The van der Waals surface area contributed by atoms with Crippen LogP contribution in [-0.4, -0.2) is 11.1 Å². The Morgan fingerprint density at radius 3 is 2.56 bits per heavy atom. The number of aliphatic hydroxyl groups is 1. The number of halogens is 1. The average Bonchev–Trinajstić information content (AvgIpc) is 2.28. The number of hydrogen-bond acceptors (Lipinski definition) is 3. The molecule has 0 fully saturated rings. The maximum atomic E-state index is 13.2. The third-order valence-corrected chi connectivity index (χ3v) is 2.61. The van der Waals surface area contributed by atoms with Crippen LogP contribution < -0.4 is 0 Å². The molecule has 0 saturated heterocycles. The number of benzene rings is 1. The summed E-state index contributed by atoms with van der Waals surface area (Å²) in [5.74, 6) is -0.777. The Bertz CT molecular complexity index is 435. The van der Waals surface area contributed by atoms with Crippen LogP contribution in [0.4, 0.5) is 4.39 Å². The molecule has 1 aromatic carbocycles. The zero-order chi connectivity index (χ0) is 13.9. The number of esters is 1. The van der Waals surface area contributed by atoms with Gasteiger partial charge in [-0.15, -0.1) is 0 Å². The maximum Gasteiger partial charge on any atom is 0.311 e. The molecular weight excluding hydrogens is 235 g/mol. The zero-order valence-corrected chi connectivity index (χ0v) is 11.2. The Kier molecular flexibility index (Phi) is 4.46. The van der Waals surface area contributed by atoms with Gasteiger partial charge in [0.15, 0.2) is 0 Å². The van der Waals surface area contributed by atoms with Crippen molar-refractivity contribution in [3.8, 4) is 0 Å². The molecule has 0 saturated carbocycles. The smallest absolute Gasteiger partial charge is 0.311 e. The number of carbonyl (C=O) groups is 1. The van der Waals surface area contributed by atoms with Gasteiger partial charge in [0.05, 0.1) is 12.0 Å². The van der Waals surface area contributed by atoms with E-state index in [1.54, 1.807) is 33.8 Å². The molecule has 0 amide bonds. The van der Waals surface area contributed by atoms with Crippen molar-refractivity contribution in [1.29, 1.82) is 0 Å². The minimum Gasteiger partial charge on any atom is -0.457 e. The Morgan fingerprint density at radius 1 is 1.44 bits per heavy atom. The third-order valence-electron chi connectivity index (χ3n) is 2.61. The van der Waals surface area contributed by atoms with Crippen LogP contribution in [0.15, 0.2) is 18.2 Å². The number of hydrogen-bond donors (Lipinski definition) is 1. The van der Waals surface area contributed by atoms with Crippen molar-refractivity contribution in [3.05, 3.63) is 35.1 Å². The summed E-state index contributed by atoms with van der Waals surface area (Å²) in [6.07, 6.45) is -0.470. The summed E-state index contributed by atoms with van der Waals surface area (Å²) in [4.78, 5) is 11.7. The molecule has 0 aromatic heterocycles. The van der Waals surface area contributed by atoms with E-state index >= 15 is 0 Å². The van der Waals surface area contributed by atoms with Crippen molar-refractivity contribution in [2.24, 2.45) is 5.41 Å². The van der Waals surface area contributed by atoms with Gasteiger partial charge in [0.25, 0.3) is 0 Å². The van der Waals surface area contributed by atoms with Crippen molar-refractivity contribution in [2.45, 2.75) is 40.4 Å². The fraction of sp³-hybridized carbons (Fsp3) is 0.500. The summed E-state index contributed by atoms with van der Waals surface area (Å²) < 4.78 is 18.5. The van der Waals surface area contributed by atoms with Crippen molar-refractivity contribution >= 4 is 5.97 Å². The molecule has 1 aromatic rings. The third kappa shape index (κ3) is 3.53. The molecular formula is C14H19FO3. The summed E-state index contributed by atoms with van der Waals surface area (Å²) >= 11 is 0. The SMILES string of the molecule is CC(OC(=O)C(C)(C)C)c1ccc(F)c(CO)c1. The van der Waals surface area contributed by atoms with Crippen LogP contribution in [0.2, 0.25) is 0 Å². The van der Waals surface area contributed by atoms with E-state index < -0.39 is 17.3 Å². The second kappa shape index (κ2) is 5.48. The van der Waals surface area contributed by atoms with Crippen LogP contribution in [-0.2, 0) is 16.1 Å². The average molecular weight is 254 g/mol. The Labute approximate surface area is 107 Å². The molecule has 1 rings (SSSR count). The molecule has 0 aliphatic rings. The standard InChI is InChI=1S/C14H19FO3/c1-9(18-13(17)14(2,3)4)10-5-6-12(15)11(7-10)8-16/h5-7,9,16H,8H2,1-4H3. The lowest BCUT2D eigenvalue weighted by Gasteiger charge is -2.21. The molecule has 18 heavy (non-hydrogen) atoms. The normalized spacial score (nSPS) is 13.2. The predicted molar refractivity (Wildman–Crippen MR) is 66.3 cm³/mol. The summed E-state index contributed by atoms with van der Waals surface area (Å²) in [5, 5.41) is 8.99. The highest BCUT2D eigenvalue weighted by Crippen LogP contribution is 2.24. The second-order valence-electron chi connectivity index (χ2n) is 5.31. The van der Waals surface area contributed by atoms with E-state index in [4.69, 9.17) is 9.84 Å². The first-order valence-corrected chi connectivity index (χ1v) is 5.86. The molecule has 3 nitrogen and oxygen atoms in total. The van der Waals surface area contributed by atoms with Gasteiger partial charge in [-0.3, -0.25) is 4.79 Å². The topological polar surface area (TPSA) is 46.5 Å². The lowest BCUT2D eigenvalue weighted by atomic mass is 9.97. The van der Waals surface area contributed by atoms with E-state index in [9.17, 15) is 9.18 Å². The van der Waals surface area contributed by atoms with Crippen molar-refractivity contribution in [2.75, 3.05) is 0 Å². The zero-order valence-electron chi connectivity index (χ0n) is 11.2. The van der Waals surface area contributed by atoms with Gasteiger partial charge in [-0.25, -0.2) is 4.39 Å². The first-order chi connectivity index (χ1) is 8.25. The highest BCUT2D eigenvalue weighted by Gasteiger charge is 2.25. The first-order valence-electron chi connectivity index (χ1n) is 5.86. The van der Waals surface area contributed by atoms with Crippen molar-refractivity contribution in [3.63, 3.8) is 0 Å². The van der Waals surface area contributed by atoms with E-state index in [0.717, 1.165) is 0 Å². The molecule has 4 heteroatoms. The number of carbonyl (C=O) groups excluding carboxylic acids is 1. The molecule has 0 bridgehead atoms. The number of aliphatic hydroxyl groups excluding tert-OH is 1. The minimum atomic E-state index is -0.575. The van der Waals surface area contributed by atoms with Gasteiger partial charge in [-0.2, -0.15) is 0 Å². The van der Waals surface area contributed by atoms with Crippen LogP contribution in [0.25, 0.3) is 0 Å². The van der Waals surface area contributed by atoms with Gasteiger partial charge >= 0.3 is 5.97 Å². The van der Waals surface area contributed by atoms with Gasteiger partial charge in [-0.1, -0.05) is 6.07 Å². The highest BCUT2D eigenvalue weighted by molar-refractivity contribution is 5.75. The Morgan fingerprint density at radius 2 is 2.06 bits per heavy atom. The molecule has 0 aliphatic heterocycles. The maximum absolute atomic E-state index is 13.2. The molecule has 0 heterocycles. The monoisotopic (exact) mass is 254 g/mol. The molecule has 0 radical (unpaired) electrons. The molecule has 1 unspecified atom stereocenters. The minimum absolute atomic E-state index is 0.200. The highest BCUT2D eigenvalue weighted by atomic mass is 19.1. The van der Waals surface area contributed by atoms with E-state index in [2.05, 4.69) is 0 Å². The fourth-order valence-electron chi connectivity index (χ4n) is 1.37. The van der Waals surface area contributed by atoms with Crippen molar-refractivity contribution < 1.29 is 19.0 Å². The molecule has 0 aliphatic carbocycles. The van der Waals surface area contributed by atoms with E-state index in [-0.39, 0.29) is 18.1 Å². The Balaban J connectivity index is 2.85. The van der Waals surface area contributed by atoms with Crippen LogP contribution in [0.5, 0.6) is 0 Å². The van der Waals surface area contributed by atoms with Crippen molar-refractivity contribution in [1.82, 2.24) is 0 Å². The fourth-order valence-corrected chi connectivity index (χ4v) is 1.37. The van der Waals surface area contributed by atoms with Gasteiger partial charge < -0.3 is 9.84 Å². The van der Waals surface area contributed by atoms with Crippen LogP contribution >= 0.6 is 0 Å². The number of ether oxygens (including phenoxy) is 1. The van der Waals surface area contributed by atoms with Gasteiger partial charge in [0, 0.05) is 5.56 Å². The lowest BCUT2D eigenvalue weighted by Crippen LogP contribution is -2.24. The Hall–Kier alpha value is -1.42. The molecule has 1 atom stereocenters. The van der Waals surface area contributed by atoms with Gasteiger partial charge in [0.2, 0.25) is 0 Å². The van der Waals surface area contributed by atoms with E-state index in [0.29, 0.717) is 5.56 Å². The lowest BCUT2D eigenvalue weighted by molar-refractivity contribution is -0.158. The predicted octanol–water partition coefficient (Wildman–Crippen LogP) is 2.97. The summed E-state index contributed by atoms with van der Waals surface area (Å²) in [6, 6.07) is 4.33. The van der Waals surface area contributed by atoms with Crippen LogP contribution in [0.3, 0.4) is 0 Å². The van der Waals surface area contributed by atoms with Gasteiger partial charge in [0.1, 0.15) is 11.9 Å².